The summed E-state index contributed by atoms with van der Waals surface area (Å²) in [6, 6.07) is 6.12. The van der Waals surface area contributed by atoms with Crippen molar-refractivity contribution in [3.8, 4) is 0 Å². The van der Waals surface area contributed by atoms with Crippen LogP contribution in [-0.4, -0.2) is 21.7 Å². The zero-order valence-corrected chi connectivity index (χ0v) is 15.2. The molecule has 0 bridgehead atoms. The number of carbonyl (C=O) groups excluding carboxylic acids is 1. The highest BCUT2D eigenvalue weighted by molar-refractivity contribution is 8.26. The Morgan fingerprint density at radius 1 is 1.30 bits per heavy atom. The molecule has 2 nitrogen and oxygen atoms in total. The molecular weight excluding hydrogens is 329 g/mol. The summed E-state index contributed by atoms with van der Waals surface area (Å²) in [5.41, 5.74) is 0.810. The van der Waals surface area contributed by atoms with E-state index in [1.165, 1.54) is 36.7 Å². The molecule has 1 atom stereocenters. The van der Waals surface area contributed by atoms with Crippen molar-refractivity contribution in [3.63, 3.8) is 0 Å². The van der Waals surface area contributed by atoms with Gasteiger partial charge in [0.1, 0.15) is 10.1 Å². The maximum Gasteiger partial charge on any atom is 0.266 e. The van der Waals surface area contributed by atoms with Crippen molar-refractivity contribution in [1.82, 2.24) is 4.90 Å². The van der Waals surface area contributed by atoms with Crippen LogP contribution in [-0.2, 0) is 4.79 Å². The highest BCUT2D eigenvalue weighted by atomic mass is 32.2. The highest BCUT2D eigenvalue weighted by Crippen LogP contribution is 2.33. The predicted molar refractivity (Wildman–Crippen MR) is 99.6 cm³/mol. The van der Waals surface area contributed by atoms with E-state index in [2.05, 4.69) is 13.8 Å². The molecule has 124 valence electrons. The van der Waals surface area contributed by atoms with Crippen molar-refractivity contribution >= 4 is 40.3 Å². The van der Waals surface area contributed by atoms with Gasteiger partial charge in [-0.15, -0.1) is 0 Å². The Hall–Kier alpha value is -1.20. The number of carbonyl (C=O) groups is 1. The van der Waals surface area contributed by atoms with Gasteiger partial charge >= 0.3 is 0 Å². The highest BCUT2D eigenvalue weighted by Gasteiger charge is 2.33. The molecule has 0 saturated carbocycles. The van der Waals surface area contributed by atoms with Crippen molar-refractivity contribution in [2.45, 2.75) is 39.5 Å². The van der Waals surface area contributed by atoms with Crippen LogP contribution in [0.15, 0.2) is 29.2 Å². The number of hydrogen-bond donors (Lipinski definition) is 0. The minimum absolute atomic E-state index is 0.0285. The number of thiocarbonyl (C=S) groups is 1. The van der Waals surface area contributed by atoms with Crippen molar-refractivity contribution < 1.29 is 9.18 Å². The lowest BCUT2D eigenvalue weighted by atomic mass is 9.99. The normalized spacial score (nSPS) is 18.0. The van der Waals surface area contributed by atoms with Crippen LogP contribution in [0.3, 0.4) is 0 Å². The number of thioether (sulfide) groups is 1. The Bertz CT molecular complexity index is 598. The second-order valence-electron chi connectivity index (χ2n) is 5.76. The first-order valence-corrected chi connectivity index (χ1v) is 9.28. The molecule has 1 heterocycles. The largest absolute Gasteiger partial charge is 0.293 e. The summed E-state index contributed by atoms with van der Waals surface area (Å²) >= 11 is 6.71. The lowest BCUT2D eigenvalue weighted by molar-refractivity contribution is -0.122. The number of rotatable bonds is 7. The average Bonchev–Trinajstić information content (AvgIpc) is 2.80. The monoisotopic (exact) mass is 351 g/mol. The minimum Gasteiger partial charge on any atom is -0.293 e. The first-order valence-electron chi connectivity index (χ1n) is 8.06. The van der Waals surface area contributed by atoms with Crippen LogP contribution in [0.25, 0.3) is 6.08 Å². The molecule has 1 aromatic carbocycles. The summed E-state index contributed by atoms with van der Waals surface area (Å²) in [5, 5.41) is 0. The molecule has 1 unspecified atom stereocenters. The van der Waals surface area contributed by atoms with E-state index in [1.54, 1.807) is 23.1 Å². The minimum atomic E-state index is -0.281. The molecule has 0 radical (unpaired) electrons. The third kappa shape index (κ3) is 4.88. The number of halogens is 1. The second kappa shape index (κ2) is 8.60. The summed E-state index contributed by atoms with van der Waals surface area (Å²) in [5.74, 6) is 0.179. The van der Waals surface area contributed by atoms with Gasteiger partial charge in [-0.1, -0.05) is 69.2 Å². The van der Waals surface area contributed by atoms with Gasteiger partial charge in [0, 0.05) is 6.54 Å². The van der Waals surface area contributed by atoms with Crippen LogP contribution in [0.4, 0.5) is 4.39 Å². The molecule has 1 aromatic rings. The van der Waals surface area contributed by atoms with Gasteiger partial charge in [-0.25, -0.2) is 4.39 Å². The zero-order chi connectivity index (χ0) is 16.8. The summed E-state index contributed by atoms with van der Waals surface area (Å²) < 4.78 is 13.6. The second-order valence-corrected chi connectivity index (χ2v) is 7.44. The fraction of sp³-hybridized carbons (Fsp3) is 0.444. The maximum absolute atomic E-state index is 13.0. The predicted octanol–water partition coefficient (Wildman–Crippen LogP) is 5.24. The van der Waals surface area contributed by atoms with Crippen LogP contribution in [0.5, 0.6) is 0 Å². The van der Waals surface area contributed by atoms with Crippen molar-refractivity contribution in [1.29, 1.82) is 0 Å². The quantitative estimate of drug-likeness (QED) is 0.495. The van der Waals surface area contributed by atoms with Crippen LogP contribution in [0.1, 0.15) is 45.1 Å². The third-order valence-electron chi connectivity index (χ3n) is 4.03. The van der Waals surface area contributed by atoms with Gasteiger partial charge < -0.3 is 0 Å². The molecule has 0 aliphatic carbocycles. The summed E-state index contributed by atoms with van der Waals surface area (Å²) in [7, 11) is 0. The van der Waals surface area contributed by atoms with Crippen LogP contribution >= 0.6 is 24.0 Å². The molecule has 1 aliphatic heterocycles. The van der Waals surface area contributed by atoms with E-state index in [4.69, 9.17) is 12.2 Å². The summed E-state index contributed by atoms with van der Waals surface area (Å²) in [6.45, 7) is 5.03. The van der Waals surface area contributed by atoms with Gasteiger partial charge in [0.15, 0.2) is 0 Å². The average molecular weight is 352 g/mol. The number of hydrogen-bond acceptors (Lipinski definition) is 3. The lowest BCUT2D eigenvalue weighted by Gasteiger charge is -2.21. The van der Waals surface area contributed by atoms with Crippen LogP contribution in [0.2, 0.25) is 0 Å². The number of nitrogens with zero attached hydrogens (tertiary/aromatic N) is 1. The summed E-state index contributed by atoms with van der Waals surface area (Å²) in [6.07, 6.45) is 6.30. The van der Waals surface area contributed by atoms with Gasteiger partial charge in [-0.05, 0) is 36.1 Å². The van der Waals surface area contributed by atoms with E-state index in [0.29, 0.717) is 21.7 Å². The van der Waals surface area contributed by atoms with E-state index in [-0.39, 0.29) is 11.7 Å². The Morgan fingerprint density at radius 3 is 2.61 bits per heavy atom. The molecule has 2 rings (SSSR count). The first kappa shape index (κ1) is 18.1. The molecule has 1 saturated heterocycles. The smallest absolute Gasteiger partial charge is 0.266 e. The molecule has 1 aliphatic rings. The van der Waals surface area contributed by atoms with Gasteiger partial charge in [-0.2, -0.15) is 0 Å². The molecule has 1 fully saturated rings. The Morgan fingerprint density at radius 2 is 2.00 bits per heavy atom. The van der Waals surface area contributed by atoms with Crippen molar-refractivity contribution in [3.05, 3.63) is 40.6 Å². The van der Waals surface area contributed by atoms with Gasteiger partial charge in [0.25, 0.3) is 5.91 Å². The standard InChI is InChI=1S/C18H22FNOS2/c1-3-5-6-13(4-2)12-20-17(21)16(23-18(20)22)11-14-7-9-15(19)10-8-14/h7-11,13H,3-6,12H2,1-2H3. The summed E-state index contributed by atoms with van der Waals surface area (Å²) in [4.78, 5) is 14.9. The lowest BCUT2D eigenvalue weighted by Crippen LogP contribution is -2.33. The maximum atomic E-state index is 13.0. The molecule has 5 heteroatoms. The van der Waals surface area contributed by atoms with Crippen LogP contribution in [0, 0.1) is 11.7 Å². The zero-order valence-electron chi connectivity index (χ0n) is 13.5. The first-order chi connectivity index (χ1) is 11.0. The van der Waals surface area contributed by atoms with Crippen LogP contribution < -0.4 is 0 Å². The van der Waals surface area contributed by atoms with Gasteiger partial charge in [0.2, 0.25) is 0 Å². The Labute approximate surface area is 147 Å². The molecule has 23 heavy (non-hydrogen) atoms. The van der Waals surface area contributed by atoms with Gasteiger partial charge in [-0.3, -0.25) is 9.69 Å². The van der Waals surface area contributed by atoms with E-state index >= 15 is 0 Å². The Kier molecular flexibility index (Phi) is 6.78. The molecule has 1 amide bonds. The molecule has 0 spiro atoms. The van der Waals surface area contributed by atoms with E-state index in [0.717, 1.165) is 18.4 Å². The van der Waals surface area contributed by atoms with E-state index < -0.39 is 0 Å². The van der Waals surface area contributed by atoms with Crippen molar-refractivity contribution in [2.75, 3.05) is 6.54 Å². The number of amides is 1. The fourth-order valence-electron chi connectivity index (χ4n) is 2.54. The topological polar surface area (TPSA) is 20.3 Å². The Balaban J connectivity index is 2.08. The fourth-order valence-corrected chi connectivity index (χ4v) is 3.82. The molecule has 0 aromatic heterocycles. The molecular formula is C18H22FNOS2. The van der Waals surface area contributed by atoms with E-state index in [1.807, 2.05) is 0 Å². The van der Waals surface area contributed by atoms with Gasteiger partial charge in [0.05, 0.1) is 4.91 Å². The van der Waals surface area contributed by atoms with Crippen molar-refractivity contribution in [2.24, 2.45) is 5.92 Å². The SMILES string of the molecule is CCCCC(CC)CN1C(=O)C(=Cc2ccc(F)cc2)SC1=S. The number of unbranched alkanes of at least 4 members (excludes halogenated alkanes) is 1. The number of benzene rings is 1. The molecule has 0 N–H and O–H groups in total. The van der Waals surface area contributed by atoms with E-state index in [9.17, 15) is 9.18 Å². The third-order valence-corrected chi connectivity index (χ3v) is 5.40.